The molecule has 4 aromatic rings. The molecule has 8 nitrogen and oxygen atoms in total. The van der Waals surface area contributed by atoms with Crippen molar-refractivity contribution in [2.75, 3.05) is 19.0 Å². The number of nitrogens with one attached hydrogen (secondary N) is 2. The number of nitrogens with zero attached hydrogens (tertiary/aromatic N) is 2. The Labute approximate surface area is 196 Å². The second kappa shape index (κ2) is 10.4. The first-order valence-corrected chi connectivity index (χ1v) is 10.7. The number of hydrogen-bond acceptors (Lipinski definition) is 6. The molecule has 172 valence electrons. The number of hydrogen-bond donors (Lipinski definition) is 2. The summed E-state index contributed by atoms with van der Waals surface area (Å²) in [4.78, 5) is 25.5. The molecule has 4 rings (SSSR count). The summed E-state index contributed by atoms with van der Waals surface area (Å²) >= 11 is 0. The van der Waals surface area contributed by atoms with E-state index in [-0.39, 0.29) is 17.3 Å². The van der Waals surface area contributed by atoms with Crippen LogP contribution in [0.25, 0.3) is 5.69 Å². The molecule has 1 amide bonds. The zero-order valence-electron chi connectivity index (χ0n) is 18.8. The molecule has 0 aliphatic carbocycles. The van der Waals surface area contributed by atoms with E-state index in [4.69, 9.17) is 9.47 Å². The van der Waals surface area contributed by atoms with E-state index < -0.39 is 5.56 Å². The molecule has 0 radical (unpaired) electrons. The predicted molar refractivity (Wildman–Crippen MR) is 131 cm³/mol. The fourth-order valence-electron chi connectivity index (χ4n) is 3.27. The lowest BCUT2D eigenvalue weighted by atomic mass is 10.2. The molecule has 0 aliphatic rings. The Bertz CT molecular complexity index is 1320. The van der Waals surface area contributed by atoms with Crippen LogP contribution in [0.2, 0.25) is 0 Å². The Morgan fingerprint density at radius 1 is 0.941 bits per heavy atom. The van der Waals surface area contributed by atoms with Crippen molar-refractivity contribution in [2.24, 2.45) is 0 Å². The van der Waals surface area contributed by atoms with Crippen molar-refractivity contribution in [3.05, 3.63) is 101 Å². The Hall–Kier alpha value is -4.59. The number of amides is 1. The van der Waals surface area contributed by atoms with E-state index in [1.54, 1.807) is 67.8 Å². The van der Waals surface area contributed by atoms with E-state index in [1.165, 1.54) is 10.9 Å². The first kappa shape index (κ1) is 22.6. The lowest BCUT2D eigenvalue weighted by molar-refractivity contribution is 0.0956. The Kier molecular flexibility index (Phi) is 6.88. The van der Waals surface area contributed by atoms with E-state index in [0.29, 0.717) is 35.0 Å². The Balaban J connectivity index is 1.72. The average molecular weight is 457 g/mol. The van der Waals surface area contributed by atoms with Crippen LogP contribution in [0.4, 0.5) is 11.4 Å². The highest BCUT2D eigenvalue weighted by Gasteiger charge is 2.16. The van der Waals surface area contributed by atoms with Gasteiger partial charge in [-0.3, -0.25) is 9.59 Å². The summed E-state index contributed by atoms with van der Waals surface area (Å²) in [5.74, 6) is 1.36. The van der Waals surface area contributed by atoms with Crippen LogP contribution in [0.3, 0.4) is 0 Å². The third kappa shape index (κ3) is 5.07. The number of methoxy groups -OCH3 is 1. The van der Waals surface area contributed by atoms with Crippen molar-refractivity contribution in [3.63, 3.8) is 0 Å². The fraction of sp³-hybridized carbons (Fsp3) is 0.115. The smallest absolute Gasteiger partial charge is 0.299 e. The molecule has 3 aromatic carbocycles. The van der Waals surface area contributed by atoms with E-state index in [2.05, 4.69) is 15.7 Å². The highest BCUT2D eigenvalue weighted by Crippen LogP contribution is 2.29. The molecule has 0 atom stereocenters. The number of carbonyl (C=O) groups is 1. The molecule has 0 unspecified atom stereocenters. The molecule has 1 heterocycles. The van der Waals surface area contributed by atoms with Crippen molar-refractivity contribution >= 4 is 17.3 Å². The second-order valence-electron chi connectivity index (χ2n) is 7.28. The van der Waals surface area contributed by atoms with Gasteiger partial charge in [0.15, 0.2) is 11.4 Å². The number of rotatable bonds is 8. The quantitative estimate of drug-likeness (QED) is 0.405. The van der Waals surface area contributed by atoms with Gasteiger partial charge in [0.1, 0.15) is 11.5 Å². The fourth-order valence-corrected chi connectivity index (χ4v) is 3.27. The number of benzene rings is 3. The van der Waals surface area contributed by atoms with Gasteiger partial charge >= 0.3 is 0 Å². The second-order valence-corrected chi connectivity index (χ2v) is 7.28. The van der Waals surface area contributed by atoms with E-state index in [1.807, 2.05) is 25.1 Å². The highest BCUT2D eigenvalue weighted by molar-refractivity contribution is 5.94. The van der Waals surface area contributed by atoms with Crippen molar-refractivity contribution in [1.82, 2.24) is 15.1 Å². The summed E-state index contributed by atoms with van der Waals surface area (Å²) in [7, 11) is 1.58. The topological polar surface area (TPSA) is 94.5 Å². The van der Waals surface area contributed by atoms with Crippen molar-refractivity contribution < 1.29 is 14.3 Å². The van der Waals surface area contributed by atoms with Gasteiger partial charge in [0.25, 0.3) is 11.5 Å². The summed E-state index contributed by atoms with van der Waals surface area (Å²) in [6.45, 7) is 2.40. The van der Waals surface area contributed by atoms with Crippen LogP contribution in [-0.4, -0.2) is 29.3 Å². The maximum atomic E-state index is 13.5. The van der Waals surface area contributed by atoms with Crippen LogP contribution >= 0.6 is 0 Å². The van der Waals surface area contributed by atoms with Gasteiger partial charge in [-0.25, -0.2) is 0 Å². The summed E-state index contributed by atoms with van der Waals surface area (Å²) in [5, 5.41) is 10.2. The molecule has 0 spiro atoms. The zero-order chi connectivity index (χ0) is 23.9. The average Bonchev–Trinajstić information content (AvgIpc) is 2.87. The lowest BCUT2D eigenvalue weighted by Gasteiger charge is -2.15. The third-order valence-corrected chi connectivity index (χ3v) is 4.98. The zero-order valence-corrected chi connectivity index (χ0v) is 18.8. The molecule has 8 heteroatoms. The van der Waals surface area contributed by atoms with Crippen LogP contribution < -0.4 is 25.7 Å². The summed E-state index contributed by atoms with van der Waals surface area (Å²) in [6, 6.07) is 23.0. The summed E-state index contributed by atoms with van der Waals surface area (Å²) in [5.41, 5.74) is 1.53. The van der Waals surface area contributed by atoms with Gasteiger partial charge in [-0.15, -0.1) is 0 Å². The highest BCUT2D eigenvalue weighted by atomic mass is 16.5. The SMILES string of the molecule is CCNC(=O)c1ccc(Nc2c(Oc3ccccc3)cnn(-c3ccc(OC)cc3)c2=O)cc1. The van der Waals surface area contributed by atoms with Gasteiger partial charge in [-0.2, -0.15) is 9.78 Å². The molecule has 2 N–H and O–H groups in total. The third-order valence-electron chi connectivity index (χ3n) is 4.98. The number of ether oxygens (including phenoxy) is 2. The predicted octanol–water partition coefficient (Wildman–Crippen LogP) is 4.53. The van der Waals surface area contributed by atoms with Crippen LogP contribution in [-0.2, 0) is 0 Å². The summed E-state index contributed by atoms with van der Waals surface area (Å²) < 4.78 is 12.4. The van der Waals surface area contributed by atoms with Crippen LogP contribution in [0.5, 0.6) is 17.2 Å². The minimum Gasteiger partial charge on any atom is -0.497 e. The van der Waals surface area contributed by atoms with Gasteiger partial charge in [0.05, 0.1) is 19.0 Å². The number of para-hydroxylation sites is 1. The van der Waals surface area contributed by atoms with Gasteiger partial charge in [-0.1, -0.05) is 18.2 Å². The largest absolute Gasteiger partial charge is 0.497 e. The van der Waals surface area contributed by atoms with Gasteiger partial charge in [-0.05, 0) is 67.6 Å². The first-order valence-electron chi connectivity index (χ1n) is 10.7. The van der Waals surface area contributed by atoms with Gasteiger partial charge in [0, 0.05) is 17.8 Å². The minimum atomic E-state index is -0.397. The maximum absolute atomic E-state index is 13.5. The van der Waals surface area contributed by atoms with Crippen LogP contribution in [0.15, 0.2) is 89.9 Å². The Morgan fingerprint density at radius 3 is 2.29 bits per heavy atom. The normalized spacial score (nSPS) is 10.4. The van der Waals surface area contributed by atoms with Crippen LogP contribution in [0.1, 0.15) is 17.3 Å². The van der Waals surface area contributed by atoms with Crippen molar-refractivity contribution in [2.45, 2.75) is 6.92 Å². The number of carbonyl (C=O) groups excluding carboxylic acids is 1. The lowest BCUT2D eigenvalue weighted by Crippen LogP contribution is -2.24. The molecule has 34 heavy (non-hydrogen) atoms. The molecule has 0 bridgehead atoms. The molecule has 0 saturated carbocycles. The molecule has 0 aliphatic heterocycles. The summed E-state index contributed by atoms with van der Waals surface area (Å²) in [6.07, 6.45) is 1.49. The first-order chi connectivity index (χ1) is 16.6. The van der Waals surface area contributed by atoms with E-state index in [9.17, 15) is 9.59 Å². The molecular weight excluding hydrogens is 432 g/mol. The number of anilines is 2. The Morgan fingerprint density at radius 2 is 1.65 bits per heavy atom. The number of aromatic nitrogens is 2. The van der Waals surface area contributed by atoms with Gasteiger partial charge < -0.3 is 20.1 Å². The maximum Gasteiger partial charge on any atom is 0.299 e. The van der Waals surface area contributed by atoms with E-state index >= 15 is 0 Å². The van der Waals surface area contributed by atoms with E-state index in [0.717, 1.165) is 0 Å². The molecule has 0 saturated heterocycles. The van der Waals surface area contributed by atoms with Crippen molar-refractivity contribution in [3.8, 4) is 22.9 Å². The standard InChI is InChI=1S/C26H24N4O4/c1-3-27-25(31)18-9-11-19(12-10-18)29-24-23(34-22-7-5-4-6-8-22)17-28-30(26(24)32)20-13-15-21(33-2)16-14-20/h4-17,29H,3H2,1-2H3,(H,27,31). The van der Waals surface area contributed by atoms with Crippen molar-refractivity contribution in [1.29, 1.82) is 0 Å². The molecule has 0 fully saturated rings. The monoisotopic (exact) mass is 456 g/mol. The van der Waals surface area contributed by atoms with Crippen LogP contribution in [0, 0.1) is 0 Å². The van der Waals surface area contributed by atoms with Gasteiger partial charge in [0.2, 0.25) is 0 Å². The molecular formula is C26H24N4O4. The minimum absolute atomic E-state index is 0.159. The molecule has 1 aromatic heterocycles.